The van der Waals surface area contributed by atoms with Crippen LogP contribution in [0.5, 0.6) is 0 Å². The molecule has 18 heavy (non-hydrogen) atoms. The van der Waals surface area contributed by atoms with Crippen LogP contribution in [0.2, 0.25) is 0 Å². The Bertz CT molecular complexity index is 591. The first-order valence-electron chi connectivity index (χ1n) is 5.87. The van der Waals surface area contributed by atoms with Crippen molar-refractivity contribution >= 4 is 5.78 Å². The summed E-state index contributed by atoms with van der Waals surface area (Å²) in [5.41, 5.74) is 4.06. The van der Waals surface area contributed by atoms with Crippen LogP contribution in [0, 0.1) is 26.6 Å². The third kappa shape index (κ3) is 2.33. The molecule has 0 saturated carbocycles. The number of halogens is 1. The summed E-state index contributed by atoms with van der Waals surface area (Å²) >= 11 is 0. The lowest BCUT2D eigenvalue weighted by Gasteiger charge is -2.10. The van der Waals surface area contributed by atoms with Gasteiger partial charge < -0.3 is 0 Å². The van der Waals surface area contributed by atoms with Crippen molar-refractivity contribution < 1.29 is 9.18 Å². The first-order chi connectivity index (χ1) is 8.49. The van der Waals surface area contributed by atoms with Crippen molar-refractivity contribution in [2.75, 3.05) is 0 Å². The van der Waals surface area contributed by atoms with Crippen LogP contribution in [0.3, 0.4) is 0 Å². The van der Waals surface area contributed by atoms with Gasteiger partial charge in [-0.1, -0.05) is 29.8 Å². The molecule has 2 rings (SSSR count). The van der Waals surface area contributed by atoms with Crippen molar-refractivity contribution in [2.24, 2.45) is 0 Å². The number of ketones is 1. The average Bonchev–Trinajstić information content (AvgIpc) is 2.27. The molecule has 1 nitrogen and oxygen atoms in total. The van der Waals surface area contributed by atoms with Gasteiger partial charge in [-0.2, -0.15) is 0 Å². The molecule has 0 unspecified atom stereocenters. The second-order valence-corrected chi connectivity index (χ2v) is 4.61. The SMILES string of the molecule is Cc1cc(C)c(C(=O)c2cccc(F)c2)c(C)c1. The molecule has 92 valence electrons. The molecule has 2 aromatic carbocycles. The van der Waals surface area contributed by atoms with Gasteiger partial charge in [-0.05, 0) is 44.0 Å². The van der Waals surface area contributed by atoms with E-state index in [0.717, 1.165) is 16.7 Å². The van der Waals surface area contributed by atoms with Gasteiger partial charge >= 0.3 is 0 Å². The van der Waals surface area contributed by atoms with Gasteiger partial charge in [0.1, 0.15) is 5.82 Å². The summed E-state index contributed by atoms with van der Waals surface area (Å²) < 4.78 is 13.2. The van der Waals surface area contributed by atoms with E-state index in [2.05, 4.69) is 0 Å². The summed E-state index contributed by atoms with van der Waals surface area (Å²) in [4.78, 5) is 12.4. The topological polar surface area (TPSA) is 17.1 Å². The summed E-state index contributed by atoms with van der Waals surface area (Å²) in [6.45, 7) is 5.81. The smallest absolute Gasteiger partial charge is 0.193 e. The van der Waals surface area contributed by atoms with Crippen LogP contribution in [-0.2, 0) is 0 Å². The zero-order valence-corrected chi connectivity index (χ0v) is 10.8. The number of hydrogen-bond donors (Lipinski definition) is 0. The highest BCUT2D eigenvalue weighted by Gasteiger charge is 2.15. The van der Waals surface area contributed by atoms with Gasteiger partial charge in [0.25, 0.3) is 0 Å². The third-order valence-corrected chi connectivity index (χ3v) is 2.99. The molecular weight excluding hydrogens is 227 g/mol. The maximum atomic E-state index is 13.2. The van der Waals surface area contributed by atoms with E-state index in [0.29, 0.717) is 11.1 Å². The normalized spacial score (nSPS) is 10.4. The van der Waals surface area contributed by atoms with E-state index in [-0.39, 0.29) is 11.6 Å². The van der Waals surface area contributed by atoms with E-state index in [9.17, 15) is 9.18 Å². The molecule has 0 fully saturated rings. The Morgan fingerprint density at radius 3 is 2.17 bits per heavy atom. The Labute approximate surface area is 106 Å². The van der Waals surface area contributed by atoms with E-state index >= 15 is 0 Å². The van der Waals surface area contributed by atoms with Gasteiger partial charge in [0.2, 0.25) is 0 Å². The molecule has 0 aromatic heterocycles. The quantitative estimate of drug-likeness (QED) is 0.728. The summed E-state index contributed by atoms with van der Waals surface area (Å²) in [5.74, 6) is -0.507. The van der Waals surface area contributed by atoms with Crippen molar-refractivity contribution in [3.63, 3.8) is 0 Å². The van der Waals surface area contributed by atoms with E-state index < -0.39 is 0 Å². The largest absolute Gasteiger partial charge is 0.289 e. The monoisotopic (exact) mass is 242 g/mol. The van der Waals surface area contributed by atoms with Gasteiger partial charge in [-0.15, -0.1) is 0 Å². The van der Waals surface area contributed by atoms with Gasteiger partial charge in [0.05, 0.1) is 0 Å². The molecule has 0 aliphatic carbocycles. The van der Waals surface area contributed by atoms with E-state index in [4.69, 9.17) is 0 Å². The first kappa shape index (κ1) is 12.5. The lowest BCUT2D eigenvalue weighted by Crippen LogP contribution is -2.07. The van der Waals surface area contributed by atoms with Crippen molar-refractivity contribution in [2.45, 2.75) is 20.8 Å². The number of aryl methyl sites for hydroxylation is 3. The average molecular weight is 242 g/mol. The third-order valence-electron chi connectivity index (χ3n) is 2.99. The standard InChI is InChI=1S/C16H15FO/c1-10-7-11(2)15(12(3)8-10)16(18)13-5-4-6-14(17)9-13/h4-9H,1-3H3. The van der Waals surface area contributed by atoms with Gasteiger partial charge in [0.15, 0.2) is 5.78 Å². The van der Waals surface area contributed by atoms with Gasteiger partial charge in [0, 0.05) is 11.1 Å². The van der Waals surface area contributed by atoms with Gasteiger partial charge in [-0.25, -0.2) is 4.39 Å². The predicted octanol–water partition coefficient (Wildman–Crippen LogP) is 3.98. The summed E-state index contributed by atoms with van der Waals surface area (Å²) in [6, 6.07) is 9.76. The Morgan fingerprint density at radius 2 is 1.61 bits per heavy atom. The molecule has 2 heteroatoms. The fraction of sp³-hybridized carbons (Fsp3) is 0.188. The van der Waals surface area contributed by atoms with Crippen LogP contribution in [0.25, 0.3) is 0 Å². The van der Waals surface area contributed by atoms with Crippen LogP contribution in [0.1, 0.15) is 32.6 Å². The van der Waals surface area contributed by atoms with Gasteiger partial charge in [-0.3, -0.25) is 4.79 Å². The van der Waals surface area contributed by atoms with Crippen molar-refractivity contribution in [3.05, 3.63) is 70.0 Å². The van der Waals surface area contributed by atoms with Crippen molar-refractivity contribution in [1.29, 1.82) is 0 Å². The maximum Gasteiger partial charge on any atom is 0.193 e. The minimum atomic E-state index is -0.386. The number of rotatable bonds is 2. The second kappa shape index (κ2) is 4.73. The summed E-state index contributed by atoms with van der Waals surface area (Å²) in [7, 11) is 0. The fourth-order valence-corrected chi connectivity index (χ4v) is 2.31. The molecule has 0 bridgehead atoms. The number of benzene rings is 2. The Hall–Kier alpha value is -1.96. The van der Waals surface area contributed by atoms with Crippen LogP contribution >= 0.6 is 0 Å². The molecule has 0 spiro atoms. The lowest BCUT2D eigenvalue weighted by molar-refractivity contribution is 0.103. The van der Waals surface area contributed by atoms with E-state index in [1.807, 2.05) is 32.9 Å². The molecule has 0 radical (unpaired) electrons. The zero-order valence-electron chi connectivity index (χ0n) is 10.8. The molecule has 0 N–H and O–H groups in total. The molecule has 0 saturated heterocycles. The molecule has 0 atom stereocenters. The van der Waals surface area contributed by atoms with E-state index in [1.165, 1.54) is 12.1 Å². The second-order valence-electron chi connectivity index (χ2n) is 4.61. The maximum absolute atomic E-state index is 13.2. The van der Waals surface area contributed by atoms with Crippen LogP contribution < -0.4 is 0 Å². The van der Waals surface area contributed by atoms with Crippen LogP contribution in [0.4, 0.5) is 4.39 Å². The first-order valence-corrected chi connectivity index (χ1v) is 5.87. The highest BCUT2D eigenvalue weighted by molar-refractivity contribution is 6.10. The minimum absolute atomic E-state index is 0.121. The molecule has 0 aliphatic heterocycles. The van der Waals surface area contributed by atoms with Crippen molar-refractivity contribution in [1.82, 2.24) is 0 Å². The molecule has 0 heterocycles. The Morgan fingerprint density at radius 1 is 1.00 bits per heavy atom. The fourth-order valence-electron chi connectivity index (χ4n) is 2.31. The summed E-state index contributed by atoms with van der Waals surface area (Å²) in [5, 5.41) is 0. The molecular formula is C16H15FO. The van der Waals surface area contributed by atoms with Crippen LogP contribution in [-0.4, -0.2) is 5.78 Å². The van der Waals surface area contributed by atoms with Crippen molar-refractivity contribution in [3.8, 4) is 0 Å². The minimum Gasteiger partial charge on any atom is -0.289 e. The van der Waals surface area contributed by atoms with E-state index in [1.54, 1.807) is 12.1 Å². The highest BCUT2D eigenvalue weighted by Crippen LogP contribution is 2.20. The predicted molar refractivity (Wildman–Crippen MR) is 70.5 cm³/mol. The molecule has 0 aliphatic rings. The zero-order chi connectivity index (χ0) is 13.3. The number of carbonyl (C=O) groups is 1. The molecule has 2 aromatic rings. The summed E-state index contributed by atoms with van der Waals surface area (Å²) in [6.07, 6.45) is 0. The van der Waals surface area contributed by atoms with Crippen LogP contribution in [0.15, 0.2) is 36.4 Å². The molecule has 0 amide bonds. The number of hydrogen-bond acceptors (Lipinski definition) is 1. The number of carbonyl (C=O) groups excluding carboxylic acids is 1. The lowest BCUT2D eigenvalue weighted by atomic mass is 9.93. The Kier molecular flexibility index (Phi) is 3.28. The highest BCUT2D eigenvalue weighted by atomic mass is 19.1. The Balaban J connectivity index is 2.53.